The highest BCUT2D eigenvalue weighted by Gasteiger charge is 2.51. The van der Waals surface area contributed by atoms with Crippen molar-refractivity contribution >= 4 is 27.5 Å². The maximum atomic E-state index is 16.8. The van der Waals surface area contributed by atoms with Gasteiger partial charge in [-0.2, -0.15) is 9.97 Å². The average molecular weight is 623 g/mol. The zero-order valence-electron chi connectivity index (χ0n) is 25.9. The number of ether oxygens (including phenoxy) is 2. The molecule has 10 heteroatoms. The zero-order chi connectivity index (χ0) is 31.6. The quantitative estimate of drug-likeness (QED) is 0.222. The zero-order valence-corrected chi connectivity index (χ0v) is 25.9. The fourth-order valence-electron chi connectivity index (χ4n) is 8.32. The Labute approximate surface area is 266 Å². The second kappa shape index (κ2) is 11.3. The molecule has 2 aromatic heterocycles. The molecule has 46 heavy (non-hydrogen) atoms. The van der Waals surface area contributed by atoms with Crippen molar-refractivity contribution < 1.29 is 18.3 Å². The minimum atomic E-state index is -0.626. The van der Waals surface area contributed by atoms with Crippen LogP contribution in [0.25, 0.3) is 32.9 Å². The van der Waals surface area contributed by atoms with E-state index in [-0.39, 0.29) is 28.3 Å². The molecule has 236 valence electrons. The minimum absolute atomic E-state index is 0.0474. The van der Waals surface area contributed by atoms with Crippen molar-refractivity contribution in [3.63, 3.8) is 0 Å². The van der Waals surface area contributed by atoms with Crippen LogP contribution in [-0.4, -0.2) is 83.5 Å². The summed E-state index contributed by atoms with van der Waals surface area (Å²) in [4.78, 5) is 18.8. The van der Waals surface area contributed by atoms with Gasteiger partial charge in [0.05, 0.1) is 23.1 Å². The molecular formula is C36H36F2N6O2. The largest absolute Gasteiger partial charge is 0.461 e. The molecule has 0 saturated carbocycles. The highest BCUT2D eigenvalue weighted by molar-refractivity contribution is 6.02. The molecule has 8 rings (SSSR count). The summed E-state index contributed by atoms with van der Waals surface area (Å²) in [6.07, 6.45) is 12.3. The first-order valence-electron chi connectivity index (χ1n) is 16.0. The summed E-state index contributed by atoms with van der Waals surface area (Å²) in [5.74, 6) is 1.90. The number of pyridine rings is 1. The molecule has 0 aliphatic carbocycles. The number of rotatable bonds is 7. The van der Waals surface area contributed by atoms with Gasteiger partial charge in [-0.3, -0.25) is 9.88 Å². The fourth-order valence-corrected chi connectivity index (χ4v) is 8.32. The lowest BCUT2D eigenvalue weighted by Crippen LogP contribution is -2.51. The molecule has 4 fully saturated rings. The van der Waals surface area contributed by atoms with Crippen LogP contribution in [0.5, 0.6) is 6.01 Å². The summed E-state index contributed by atoms with van der Waals surface area (Å²) in [5, 5.41) is 5.30. The van der Waals surface area contributed by atoms with Gasteiger partial charge in [0.1, 0.15) is 29.5 Å². The minimum Gasteiger partial charge on any atom is -0.461 e. The van der Waals surface area contributed by atoms with E-state index >= 15 is 4.39 Å². The van der Waals surface area contributed by atoms with Gasteiger partial charge < -0.3 is 19.7 Å². The number of terminal acetylenes is 1. The third kappa shape index (κ3) is 4.72. The van der Waals surface area contributed by atoms with Crippen LogP contribution in [0.4, 0.5) is 14.6 Å². The van der Waals surface area contributed by atoms with Gasteiger partial charge in [-0.05, 0) is 43.6 Å². The number of hydrogen-bond acceptors (Lipinski definition) is 8. The van der Waals surface area contributed by atoms with E-state index < -0.39 is 11.6 Å². The summed E-state index contributed by atoms with van der Waals surface area (Å²) in [7, 11) is 1.73. The van der Waals surface area contributed by atoms with Crippen LogP contribution < -0.4 is 15.0 Å². The molecule has 2 aromatic carbocycles. The first kappa shape index (κ1) is 29.2. The van der Waals surface area contributed by atoms with Crippen LogP contribution in [0, 0.1) is 24.0 Å². The van der Waals surface area contributed by atoms with Crippen molar-refractivity contribution in [3.05, 3.63) is 65.9 Å². The highest BCUT2D eigenvalue weighted by Crippen LogP contribution is 2.45. The van der Waals surface area contributed by atoms with E-state index in [9.17, 15) is 4.39 Å². The number of halogens is 2. The van der Waals surface area contributed by atoms with Crippen molar-refractivity contribution in [1.82, 2.24) is 25.2 Å². The average Bonchev–Trinajstić information content (AvgIpc) is 3.69. The van der Waals surface area contributed by atoms with Crippen LogP contribution in [0.3, 0.4) is 0 Å². The summed E-state index contributed by atoms with van der Waals surface area (Å²) in [6, 6.07) is 9.39. The van der Waals surface area contributed by atoms with Gasteiger partial charge in [-0.25, -0.2) is 8.78 Å². The number of fused-ring (bicyclic) bond motifs is 5. The normalized spacial score (nSPS) is 25.8. The van der Waals surface area contributed by atoms with Crippen molar-refractivity contribution in [2.24, 2.45) is 0 Å². The Morgan fingerprint density at radius 3 is 2.74 bits per heavy atom. The predicted octanol–water partition coefficient (Wildman–Crippen LogP) is 5.23. The smallest absolute Gasteiger partial charge is 0.319 e. The van der Waals surface area contributed by atoms with Gasteiger partial charge in [-0.15, -0.1) is 6.42 Å². The van der Waals surface area contributed by atoms with Crippen LogP contribution in [0.15, 0.2) is 48.7 Å². The second-order valence-corrected chi connectivity index (χ2v) is 13.2. The molecule has 6 heterocycles. The number of piperazine rings is 1. The Hall–Kier alpha value is -4.17. The highest BCUT2D eigenvalue weighted by atomic mass is 19.1. The van der Waals surface area contributed by atoms with Gasteiger partial charge in [0, 0.05) is 62.0 Å². The van der Waals surface area contributed by atoms with Crippen LogP contribution in [0.1, 0.15) is 37.7 Å². The number of anilines is 1. The first-order chi connectivity index (χ1) is 22.4. The van der Waals surface area contributed by atoms with E-state index in [1.807, 2.05) is 6.07 Å². The fraction of sp³-hybridized carbons (Fsp3) is 0.417. The molecule has 0 amide bonds. The number of methoxy groups -OCH3 is 1. The van der Waals surface area contributed by atoms with Gasteiger partial charge in [0.2, 0.25) is 0 Å². The Morgan fingerprint density at radius 1 is 1.13 bits per heavy atom. The molecule has 0 radical (unpaired) electrons. The lowest BCUT2D eigenvalue weighted by molar-refractivity contribution is 0.0522. The van der Waals surface area contributed by atoms with Crippen molar-refractivity contribution in [1.29, 1.82) is 0 Å². The second-order valence-electron chi connectivity index (χ2n) is 13.2. The van der Waals surface area contributed by atoms with Crippen LogP contribution in [-0.2, 0) is 4.74 Å². The Morgan fingerprint density at radius 2 is 1.96 bits per heavy atom. The maximum absolute atomic E-state index is 16.8. The third-order valence-electron chi connectivity index (χ3n) is 10.3. The summed E-state index contributed by atoms with van der Waals surface area (Å²) < 4.78 is 43.6. The Balaban J connectivity index is 1.24. The van der Waals surface area contributed by atoms with Gasteiger partial charge >= 0.3 is 6.01 Å². The molecule has 4 aliphatic heterocycles. The molecule has 2 bridgehead atoms. The molecular weight excluding hydrogens is 586 g/mol. The molecule has 4 saturated heterocycles. The number of aromatic nitrogens is 3. The SMILES string of the molecule is C#Cc1c(F)ccc2cccc(-c3ncc4c(N5CC6CCC(C5)N6)nc(OC[C@@]56CC[C@@H](COC)N5CC(=C)C6)nc4c3F)c12. The van der Waals surface area contributed by atoms with E-state index in [0.717, 1.165) is 51.7 Å². The number of benzene rings is 2. The van der Waals surface area contributed by atoms with E-state index in [0.29, 0.717) is 58.9 Å². The first-order valence-corrected chi connectivity index (χ1v) is 16.0. The lowest BCUT2D eigenvalue weighted by atomic mass is 9.94. The molecule has 4 atom stereocenters. The third-order valence-corrected chi connectivity index (χ3v) is 10.3. The summed E-state index contributed by atoms with van der Waals surface area (Å²) >= 11 is 0. The molecule has 1 N–H and O–H groups in total. The van der Waals surface area contributed by atoms with Gasteiger partial charge in [0.25, 0.3) is 0 Å². The molecule has 2 unspecified atom stereocenters. The Bertz CT molecular complexity index is 1910. The van der Waals surface area contributed by atoms with Gasteiger partial charge in [0.15, 0.2) is 5.82 Å². The van der Waals surface area contributed by atoms with Crippen LogP contribution >= 0.6 is 0 Å². The molecule has 4 aromatic rings. The summed E-state index contributed by atoms with van der Waals surface area (Å²) in [6.45, 7) is 7.59. The maximum Gasteiger partial charge on any atom is 0.319 e. The number of nitrogens with one attached hydrogen (secondary N) is 1. The van der Waals surface area contributed by atoms with Gasteiger partial charge in [-0.1, -0.05) is 42.3 Å². The Kier molecular flexibility index (Phi) is 7.16. The summed E-state index contributed by atoms with van der Waals surface area (Å²) in [5.41, 5.74) is 1.57. The number of nitrogens with zero attached hydrogens (tertiary/aromatic N) is 5. The topological polar surface area (TPSA) is 75.6 Å². The monoisotopic (exact) mass is 622 g/mol. The molecule has 4 aliphatic rings. The predicted molar refractivity (Wildman–Crippen MR) is 174 cm³/mol. The standard InChI is InChI=1S/C36H36F2N6O2/c1-4-26-29(37)11-8-22-6-5-7-27(30(22)26)32-31(38)33-28(15-39-32)34(43-17-23-9-10-24(18-43)40-23)42-35(41-33)46-20-36-13-12-25(19-45-3)44(36)16-21(2)14-36/h1,5-8,11,15,23-25,40H,2,9-10,12-14,16-20H2,3H3/t23?,24?,25-,36-/m0/s1. The van der Waals surface area contributed by atoms with E-state index in [4.69, 9.17) is 20.9 Å². The van der Waals surface area contributed by atoms with E-state index in [2.05, 4.69) is 37.6 Å². The molecule has 0 spiro atoms. The van der Waals surface area contributed by atoms with Crippen molar-refractivity contribution in [2.75, 3.05) is 44.9 Å². The van der Waals surface area contributed by atoms with Crippen molar-refractivity contribution in [2.45, 2.75) is 55.8 Å². The van der Waals surface area contributed by atoms with Crippen molar-refractivity contribution in [3.8, 4) is 29.6 Å². The van der Waals surface area contributed by atoms with E-state index in [1.165, 1.54) is 11.6 Å². The van der Waals surface area contributed by atoms with E-state index in [1.54, 1.807) is 31.5 Å². The lowest BCUT2D eigenvalue weighted by Gasteiger charge is -2.35. The number of hydrogen-bond donors (Lipinski definition) is 1. The molecule has 8 nitrogen and oxygen atoms in total. The van der Waals surface area contributed by atoms with Crippen LogP contribution in [0.2, 0.25) is 0 Å².